The minimum atomic E-state index is 0.718. The van der Waals surface area contributed by atoms with Crippen molar-refractivity contribution in [3.63, 3.8) is 0 Å². The number of H-pyrrole nitrogens is 1. The Morgan fingerprint density at radius 3 is 2.81 bits per heavy atom. The lowest BCUT2D eigenvalue weighted by Crippen LogP contribution is -1.89. The van der Waals surface area contributed by atoms with Crippen LogP contribution in [0.3, 0.4) is 0 Å². The molecule has 0 spiro atoms. The highest BCUT2D eigenvalue weighted by molar-refractivity contribution is 5.58. The maximum atomic E-state index is 5.27. The van der Waals surface area contributed by atoms with Crippen LogP contribution in [0.5, 0.6) is 5.75 Å². The molecular formula is C12H15N3O. The second kappa shape index (κ2) is 4.35. The molecule has 0 aliphatic heterocycles. The smallest absolute Gasteiger partial charge is 0.181 e. The molecule has 0 unspecified atom stereocenters. The quantitative estimate of drug-likeness (QED) is 0.858. The number of nitrogens with one attached hydrogen (secondary N) is 1. The van der Waals surface area contributed by atoms with Crippen LogP contribution < -0.4 is 4.74 Å². The molecule has 0 atom stereocenters. The van der Waals surface area contributed by atoms with E-state index in [2.05, 4.69) is 15.2 Å². The van der Waals surface area contributed by atoms with Gasteiger partial charge in [0.2, 0.25) is 0 Å². The molecule has 0 bridgehead atoms. The topological polar surface area (TPSA) is 50.8 Å². The van der Waals surface area contributed by atoms with Gasteiger partial charge in [0.15, 0.2) is 5.82 Å². The molecule has 1 heterocycles. The summed E-state index contributed by atoms with van der Waals surface area (Å²) in [6.45, 7) is 4.05. The molecule has 16 heavy (non-hydrogen) atoms. The summed E-state index contributed by atoms with van der Waals surface area (Å²) in [4.78, 5) is 4.38. The summed E-state index contributed by atoms with van der Waals surface area (Å²) in [6, 6.07) is 5.97. The Kier molecular flexibility index (Phi) is 2.90. The van der Waals surface area contributed by atoms with Crippen LogP contribution in [0.25, 0.3) is 11.4 Å². The highest BCUT2D eigenvalue weighted by Crippen LogP contribution is 2.24. The maximum absolute atomic E-state index is 5.27. The van der Waals surface area contributed by atoms with Crippen LogP contribution in [-0.2, 0) is 6.42 Å². The number of aromatic amines is 1. The summed E-state index contributed by atoms with van der Waals surface area (Å²) in [7, 11) is 1.67. The first kappa shape index (κ1) is 10.7. The molecule has 0 amide bonds. The van der Waals surface area contributed by atoms with E-state index >= 15 is 0 Å². The molecule has 0 radical (unpaired) electrons. The van der Waals surface area contributed by atoms with E-state index in [0.717, 1.165) is 34.9 Å². The molecule has 1 aromatic carbocycles. The summed E-state index contributed by atoms with van der Waals surface area (Å²) >= 11 is 0. The second-order valence-corrected chi connectivity index (χ2v) is 3.64. The normalized spacial score (nSPS) is 10.4. The second-order valence-electron chi connectivity index (χ2n) is 3.64. The molecule has 4 heteroatoms. The van der Waals surface area contributed by atoms with Crippen LogP contribution in [0.2, 0.25) is 0 Å². The van der Waals surface area contributed by atoms with Gasteiger partial charge in [-0.2, -0.15) is 5.10 Å². The van der Waals surface area contributed by atoms with Crippen molar-refractivity contribution in [1.29, 1.82) is 0 Å². The lowest BCUT2D eigenvalue weighted by molar-refractivity contribution is 0.412. The molecule has 0 aliphatic carbocycles. The minimum Gasteiger partial charge on any atom is -0.496 e. The Morgan fingerprint density at radius 2 is 2.19 bits per heavy atom. The molecule has 4 nitrogen and oxygen atoms in total. The van der Waals surface area contributed by atoms with Crippen LogP contribution in [0.4, 0.5) is 0 Å². The van der Waals surface area contributed by atoms with E-state index in [1.807, 2.05) is 32.0 Å². The van der Waals surface area contributed by atoms with Gasteiger partial charge in [0.25, 0.3) is 0 Å². The number of aromatic nitrogens is 3. The first-order valence-corrected chi connectivity index (χ1v) is 5.31. The summed E-state index contributed by atoms with van der Waals surface area (Å²) in [5.74, 6) is 2.48. The zero-order valence-corrected chi connectivity index (χ0v) is 9.74. The molecule has 2 rings (SSSR count). The predicted molar refractivity (Wildman–Crippen MR) is 62.5 cm³/mol. The summed E-state index contributed by atoms with van der Waals surface area (Å²) in [6.07, 6.45) is 0.857. The number of aryl methyl sites for hydroxylation is 2. The van der Waals surface area contributed by atoms with Crippen LogP contribution in [0.15, 0.2) is 18.2 Å². The highest BCUT2D eigenvalue weighted by atomic mass is 16.5. The van der Waals surface area contributed by atoms with Gasteiger partial charge in [-0.25, -0.2) is 4.98 Å². The first-order chi connectivity index (χ1) is 7.74. The average molecular weight is 217 g/mol. The maximum Gasteiger partial charge on any atom is 0.181 e. The van der Waals surface area contributed by atoms with Crippen LogP contribution in [0, 0.1) is 6.92 Å². The fourth-order valence-corrected chi connectivity index (χ4v) is 1.54. The van der Waals surface area contributed by atoms with Gasteiger partial charge < -0.3 is 4.74 Å². The van der Waals surface area contributed by atoms with E-state index in [-0.39, 0.29) is 0 Å². The molecule has 2 aromatic rings. The van der Waals surface area contributed by atoms with Crippen LogP contribution in [-0.4, -0.2) is 22.3 Å². The monoisotopic (exact) mass is 217 g/mol. The lowest BCUT2D eigenvalue weighted by Gasteiger charge is -2.05. The molecular weight excluding hydrogens is 202 g/mol. The number of methoxy groups -OCH3 is 1. The average Bonchev–Trinajstić information content (AvgIpc) is 2.78. The van der Waals surface area contributed by atoms with Crippen molar-refractivity contribution in [2.24, 2.45) is 0 Å². The molecule has 0 saturated carbocycles. The predicted octanol–water partition coefficient (Wildman–Crippen LogP) is 2.35. The third-order valence-electron chi connectivity index (χ3n) is 2.53. The van der Waals surface area contributed by atoms with Gasteiger partial charge in [0, 0.05) is 12.0 Å². The Balaban J connectivity index is 2.40. The molecule has 1 aromatic heterocycles. The van der Waals surface area contributed by atoms with Gasteiger partial charge in [-0.3, -0.25) is 5.10 Å². The van der Waals surface area contributed by atoms with Gasteiger partial charge >= 0.3 is 0 Å². The fraction of sp³-hybridized carbons (Fsp3) is 0.333. The largest absolute Gasteiger partial charge is 0.496 e. The van der Waals surface area contributed by atoms with Crippen molar-refractivity contribution < 1.29 is 4.74 Å². The van der Waals surface area contributed by atoms with Crippen molar-refractivity contribution in [1.82, 2.24) is 15.2 Å². The van der Waals surface area contributed by atoms with Crippen molar-refractivity contribution in [3.8, 4) is 17.1 Å². The summed E-state index contributed by atoms with van der Waals surface area (Å²) in [5, 5.41) is 7.07. The number of hydrogen-bond acceptors (Lipinski definition) is 3. The van der Waals surface area contributed by atoms with Crippen molar-refractivity contribution in [3.05, 3.63) is 29.6 Å². The Labute approximate surface area is 94.7 Å². The van der Waals surface area contributed by atoms with Crippen LogP contribution in [0.1, 0.15) is 18.3 Å². The third-order valence-corrected chi connectivity index (χ3v) is 2.53. The van der Waals surface area contributed by atoms with E-state index in [4.69, 9.17) is 4.74 Å². The standard InChI is InChI=1S/C12H15N3O/c1-4-11-13-12(15-14-11)9-6-5-8(2)10(7-9)16-3/h5-7H,4H2,1-3H3,(H,13,14,15). The molecule has 84 valence electrons. The number of ether oxygens (including phenoxy) is 1. The number of rotatable bonds is 3. The van der Waals surface area contributed by atoms with Gasteiger partial charge in [0.1, 0.15) is 11.6 Å². The van der Waals surface area contributed by atoms with Gasteiger partial charge in [-0.1, -0.05) is 19.1 Å². The minimum absolute atomic E-state index is 0.718. The Morgan fingerprint density at radius 1 is 1.38 bits per heavy atom. The van der Waals surface area contributed by atoms with Gasteiger partial charge in [0.05, 0.1) is 7.11 Å². The Hall–Kier alpha value is -1.84. The number of benzene rings is 1. The lowest BCUT2D eigenvalue weighted by atomic mass is 10.1. The molecule has 0 fully saturated rings. The van der Waals surface area contributed by atoms with Crippen molar-refractivity contribution in [2.75, 3.05) is 7.11 Å². The van der Waals surface area contributed by atoms with Gasteiger partial charge in [-0.05, 0) is 18.6 Å². The number of hydrogen-bond donors (Lipinski definition) is 1. The van der Waals surface area contributed by atoms with E-state index in [0.29, 0.717) is 0 Å². The molecule has 1 N–H and O–H groups in total. The van der Waals surface area contributed by atoms with Crippen molar-refractivity contribution >= 4 is 0 Å². The van der Waals surface area contributed by atoms with E-state index in [1.54, 1.807) is 7.11 Å². The number of nitrogens with zero attached hydrogens (tertiary/aromatic N) is 2. The van der Waals surface area contributed by atoms with E-state index in [1.165, 1.54) is 0 Å². The van der Waals surface area contributed by atoms with E-state index < -0.39 is 0 Å². The highest BCUT2D eigenvalue weighted by Gasteiger charge is 2.07. The Bertz CT molecular complexity index is 491. The summed E-state index contributed by atoms with van der Waals surface area (Å²) in [5.41, 5.74) is 2.08. The summed E-state index contributed by atoms with van der Waals surface area (Å²) < 4.78 is 5.27. The fourth-order valence-electron chi connectivity index (χ4n) is 1.54. The SMILES string of the molecule is CCc1nc(-c2ccc(C)c(OC)c2)n[nH]1. The zero-order valence-electron chi connectivity index (χ0n) is 9.74. The third kappa shape index (κ3) is 1.91. The van der Waals surface area contributed by atoms with Crippen LogP contribution >= 0.6 is 0 Å². The molecule has 0 aliphatic rings. The van der Waals surface area contributed by atoms with Gasteiger partial charge in [-0.15, -0.1) is 0 Å². The zero-order chi connectivity index (χ0) is 11.5. The van der Waals surface area contributed by atoms with E-state index in [9.17, 15) is 0 Å². The molecule has 0 saturated heterocycles. The first-order valence-electron chi connectivity index (χ1n) is 5.31. The van der Waals surface area contributed by atoms with Crippen molar-refractivity contribution in [2.45, 2.75) is 20.3 Å².